The number of aliphatic hydroxyl groups excluding tert-OH is 1. The molecule has 10 nitrogen and oxygen atoms in total. The van der Waals surface area contributed by atoms with Gasteiger partial charge in [-0.25, -0.2) is 0 Å². The van der Waals surface area contributed by atoms with Gasteiger partial charge in [0.25, 0.3) is 0 Å². The van der Waals surface area contributed by atoms with Crippen LogP contribution in [0.4, 0.5) is 11.4 Å². The van der Waals surface area contributed by atoms with Gasteiger partial charge in [0.2, 0.25) is 23.6 Å². The Morgan fingerprint density at radius 3 is 2.39 bits per heavy atom. The lowest BCUT2D eigenvalue weighted by molar-refractivity contribution is -0.126. The van der Waals surface area contributed by atoms with E-state index in [0.29, 0.717) is 24.3 Å². The minimum atomic E-state index is -0.895. The van der Waals surface area contributed by atoms with Crippen molar-refractivity contribution in [3.63, 3.8) is 0 Å². The summed E-state index contributed by atoms with van der Waals surface area (Å²) in [5.74, 6) is -1.33. The predicted molar refractivity (Wildman–Crippen MR) is 149 cm³/mol. The number of rotatable bonds is 12. The van der Waals surface area contributed by atoms with Gasteiger partial charge in [-0.1, -0.05) is 46.2 Å². The minimum Gasteiger partial charge on any atom is -0.391 e. The number of likely N-dealkylation sites (N-methyl/N-ethyl adjacent to an activating group) is 1. The van der Waals surface area contributed by atoms with E-state index in [1.165, 1.54) is 18.9 Å². The molecule has 0 bridgehead atoms. The maximum atomic E-state index is 13.6. The number of nitrogens with zero attached hydrogens (tertiary/aromatic N) is 2. The number of fused-ring (bicyclic) bond motifs is 1. The van der Waals surface area contributed by atoms with Crippen molar-refractivity contribution in [1.29, 1.82) is 0 Å². The van der Waals surface area contributed by atoms with Gasteiger partial charge >= 0.3 is 0 Å². The molecule has 4 amide bonds. The first kappa shape index (κ1) is 31.2. The van der Waals surface area contributed by atoms with E-state index in [2.05, 4.69) is 17.6 Å². The van der Waals surface area contributed by atoms with Crippen LogP contribution in [-0.4, -0.2) is 67.1 Å². The number of hydrogen-bond acceptors (Lipinski definition) is 6. The zero-order chi connectivity index (χ0) is 28.6. The highest BCUT2D eigenvalue weighted by Crippen LogP contribution is 2.38. The SMILES string of the molecule is CCCCNC(=O)[C@H](C)C[C@H](O)[C@@H](N)CC(C)(C)CC(=O)N1CC(C(=O)NC)N(C(C)=O)c2ccccc21. The third-order valence-corrected chi connectivity index (χ3v) is 7.07. The Morgan fingerprint density at radius 2 is 1.82 bits per heavy atom. The molecule has 0 aromatic heterocycles. The van der Waals surface area contributed by atoms with Crippen molar-refractivity contribution in [3.05, 3.63) is 24.3 Å². The van der Waals surface area contributed by atoms with Crippen LogP contribution in [0.2, 0.25) is 0 Å². The first-order valence-electron chi connectivity index (χ1n) is 13.4. The summed E-state index contributed by atoms with van der Waals surface area (Å²) in [7, 11) is 1.50. The number of carbonyl (C=O) groups is 4. The number of benzene rings is 1. The van der Waals surface area contributed by atoms with Gasteiger partial charge in [-0.2, -0.15) is 0 Å². The van der Waals surface area contributed by atoms with Crippen LogP contribution in [0, 0.1) is 11.3 Å². The predicted octanol–water partition coefficient (Wildman–Crippen LogP) is 1.94. The average Bonchev–Trinajstić information content (AvgIpc) is 2.86. The molecule has 4 atom stereocenters. The molecule has 0 spiro atoms. The molecule has 0 aliphatic carbocycles. The van der Waals surface area contributed by atoms with Gasteiger partial charge in [-0.15, -0.1) is 0 Å². The summed E-state index contributed by atoms with van der Waals surface area (Å²) in [5, 5.41) is 16.2. The quantitative estimate of drug-likeness (QED) is 0.303. The summed E-state index contributed by atoms with van der Waals surface area (Å²) in [5.41, 5.74) is 6.83. The zero-order valence-corrected chi connectivity index (χ0v) is 23.6. The Kier molecular flexibility index (Phi) is 11.3. The number of anilines is 2. The maximum Gasteiger partial charge on any atom is 0.244 e. The number of carbonyl (C=O) groups excluding carboxylic acids is 4. The molecule has 10 heteroatoms. The lowest BCUT2D eigenvalue weighted by atomic mass is 9.79. The summed E-state index contributed by atoms with van der Waals surface area (Å²) in [4.78, 5) is 54.0. The van der Waals surface area contributed by atoms with Crippen molar-refractivity contribution < 1.29 is 24.3 Å². The van der Waals surface area contributed by atoms with Crippen molar-refractivity contribution in [2.45, 2.75) is 84.9 Å². The van der Waals surface area contributed by atoms with Gasteiger partial charge in [-0.3, -0.25) is 24.1 Å². The molecular formula is C28H45N5O5. The molecule has 0 radical (unpaired) electrons. The second-order valence-electron chi connectivity index (χ2n) is 11.1. The van der Waals surface area contributed by atoms with Crippen LogP contribution in [0.1, 0.15) is 66.7 Å². The molecule has 1 aliphatic heterocycles. The van der Waals surface area contributed by atoms with Gasteiger partial charge in [0, 0.05) is 38.9 Å². The Labute approximate surface area is 226 Å². The van der Waals surface area contributed by atoms with Crippen molar-refractivity contribution in [2.24, 2.45) is 17.1 Å². The van der Waals surface area contributed by atoms with E-state index >= 15 is 0 Å². The number of nitrogens with two attached hydrogens (primary N) is 1. The lowest BCUT2D eigenvalue weighted by Crippen LogP contribution is -2.58. The molecule has 0 fully saturated rings. The number of unbranched alkanes of at least 4 members (excludes halogenated alkanes) is 1. The fourth-order valence-corrected chi connectivity index (χ4v) is 4.97. The summed E-state index contributed by atoms with van der Waals surface area (Å²) in [6.07, 6.45) is 1.71. The Hall–Kier alpha value is -2.98. The van der Waals surface area contributed by atoms with Crippen LogP contribution in [0.3, 0.4) is 0 Å². The molecule has 5 N–H and O–H groups in total. The molecule has 0 saturated heterocycles. The van der Waals surface area contributed by atoms with E-state index in [9.17, 15) is 24.3 Å². The molecule has 1 heterocycles. The lowest BCUT2D eigenvalue weighted by Gasteiger charge is -2.42. The van der Waals surface area contributed by atoms with Crippen molar-refractivity contribution in [2.75, 3.05) is 29.9 Å². The Morgan fingerprint density at radius 1 is 1.18 bits per heavy atom. The topological polar surface area (TPSA) is 145 Å². The third kappa shape index (κ3) is 8.01. The first-order valence-corrected chi connectivity index (χ1v) is 13.4. The molecule has 0 saturated carbocycles. The van der Waals surface area contributed by atoms with Crippen molar-refractivity contribution in [1.82, 2.24) is 10.6 Å². The van der Waals surface area contributed by atoms with Crippen LogP contribution in [0.25, 0.3) is 0 Å². The number of para-hydroxylation sites is 2. The summed E-state index contributed by atoms with van der Waals surface area (Å²) in [6, 6.07) is 5.56. The van der Waals surface area contributed by atoms with Gasteiger partial charge in [0.1, 0.15) is 6.04 Å². The highest BCUT2D eigenvalue weighted by molar-refractivity contribution is 6.08. The first-order chi connectivity index (χ1) is 17.8. The second kappa shape index (κ2) is 13.7. The highest BCUT2D eigenvalue weighted by Gasteiger charge is 2.40. The summed E-state index contributed by atoms with van der Waals surface area (Å²) < 4.78 is 0. The third-order valence-electron chi connectivity index (χ3n) is 7.07. The van der Waals surface area contributed by atoms with Gasteiger partial charge in [-0.05, 0) is 36.8 Å². The van der Waals surface area contributed by atoms with E-state index in [1.807, 2.05) is 13.8 Å². The van der Waals surface area contributed by atoms with Crippen LogP contribution in [-0.2, 0) is 19.2 Å². The number of nitrogens with one attached hydrogen (secondary N) is 2. The van der Waals surface area contributed by atoms with Crippen LogP contribution in [0.5, 0.6) is 0 Å². The molecule has 38 heavy (non-hydrogen) atoms. The second-order valence-corrected chi connectivity index (χ2v) is 11.1. The summed E-state index contributed by atoms with van der Waals surface area (Å²) >= 11 is 0. The number of amides is 4. The van der Waals surface area contributed by atoms with Gasteiger partial charge < -0.3 is 26.4 Å². The van der Waals surface area contributed by atoms with Crippen molar-refractivity contribution in [3.8, 4) is 0 Å². The Bertz CT molecular complexity index is 998. The molecule has 1 aromatic carbocycles. The largest absolute Gasteiger partial charge is 0.391 e. The smallest absolute Gasteiger partial charge is 0.244 e. The standard InChI is InChI=1S/C28H45N5O5/c1-7-8-13-31-26(37)18(2)14-24(35)20(29)15-28(4,5)16-25(36)32-17-23(27(38)30-6)33(19(3)34)22-12-10-9-11-21(22)32/h9-12,18,20,23-24,35H,7-8,13-17,29H2,1-6H3,(H,30,38)(H,31,37)/t18-,20+,23?,24+/m1/s1. The average molecular weight is 532 g/mol. The van der Waals surface area contributed by atoms with Crippen molar-refractivity contribution >= 4 is 35.0 Å². The molecular weight excluding hydrogens is 486 g/mol. The zero-order valence-electron chi connectivity index (χ0n) is 23.6. The number of hydrogen-bond donors (Lipinski definition) is 4. The number of aliphatic hydroxyl groups is 1. The fraction of sp³-hybridized carbons (Fsp3) is 0.643. The van der Waals surface area contributed by atoms with E-state index < -0.39 is 23.6 Å². The maximum absolute atomic E-state index is 13.6. The molecule has 2 rings (SSSR count). The minimum absolute atomic E-state index is 0.0323. The van der Waals surface area contributed by atoms with E-state index in [0.717, 1.165) is 12.8 Å². The van der Waals surface area contributed by atoms with Crippen LogP contribution < -0.4 is 26.2 Å². The van der Waals surface area contributed by atoms with Crippen LogP contribution >= 0.6 is 0 Å². The molecule has 1 aromatic rings. The summed E-state index contributed by atoms with van der Waals surface area (Å²) in [6.45, 7) is 9.68. The fourth-order valence-electron chi connectivity index (χ4n) is 4.97. The molecule has 1 unspecified atom stereocenters. The highest BCUT2D eigenvalue weighted by atomic mass is 16.3. The van der Waals surface area contributed by atoms with E-state index in [1.54, 1.807) is 36.1 Å². The molecule has 1 aliphatic rings. The van der Waals surface area contributed by atoms with Gasteiger partial charge in [0.15, 0.2) is 0 Å². The Balaban J connectivity index is 2.11. The normalized spacial score (nSPS) is 17.7. The monoisotopic (exact) mass is 531 g/mol. The molecule has 212 valence electrons. The van der Waals surface area contributed by atoms with Gasteiger partial charge in [0.05, 0.1) is 24.0 Å². The van der Waals surface area contributed by atoms with E-state index in [4.69, 9.17) is 5.73 Å². The van der Waals surface area contributed by atoms with E-state index in [-0.39, 0.29) is 48.9 Å². The van der Waals surface area contributed by atoms with Crippen LogP contribution in [0.15, 0.2) is 24.3 Å².